The molecule has 11 heteroatoms. The van der Waals surface area contributed by atoms with Gasteiger partial charge in [0.2, 0.25) is 5.91 Å². The molecule has 4 rings (SSSR count). The summed E-state index contributed by atoms with van der Waals surface area (Å²) in [5.41, 5.74) is 3.09. The molecule has 1 aliphatic rings. The maximum absolute atomic E-state index is 13.6. The van der Waals surface area contributed by atoms with Gasteiger partial charge in [0.25, 0.3) is 0 Å². The summed E-state index contributed by atoms with van der Waals surface area (Å²) in [5.74, 6) is -0.0552. The molecule has 0 aromatic heterocycles. The number of carbonyl (C=O) groups is 3. The lowest BCUT2D eigenvalue weighted by Gasteiger charge is -2.34. The number of benzene rings is 3. The molecule has 1 aliphatic heterocycles. The normalized spacial score (nSPS) is 13.6. The van der Waals surface area contributed by atoms with Crippen molar-refractivity contribution in [2.45, 2.75) is 13.3 Å². The molecule has 1 saturated heterocycles. The van der Waals surface area contributed by atoms with Gasteiger partial charge in [-0.1, -0.05) is 24.3 Å². The van der Waals surface area contributed by atoms with Crippen LogP contribution in [0.2, 0.25) is 0 Å². The van der Waals surface area contributed by atoms with E-state index in [1.165, 1.54) is 19.2 Å². The molecule has 3 amide bonds. The van der Waals surface area contributed by atoms with Crippen LogP contribution < -0.4 is 20.1 Å². The minimum absolute atomic E-state index is 0.0518. The average molecular weight is 604 g/mol. The van der Waals surface area contributed by atoms with Crippen molar-refractivity contribution in [1.29, 1.82) is 0 Å². The fourth-order valence-electron chi connectivity index (χ4n) is 4.89. The SMILES string of the molecule is COc1cc(CC(=O)N(CCOc2ccc(C(=O)O)cc2)CCN2CCN(C)CC2)ccc1NC(=O)Nc1ccccc1C. The van der Waals surface area contributed by atoms with E-state index in [-0.39, 0.29) is 24.5 Å². The van der Waals surface area contributed by atoms with E-state index in [2.05, 4.69) is 27.5 Å². The number of nitrogens with one attached hydrogen (secondary N) is 2. The van der Waals surface area contributed by atoms with Crippen LogP contribution in [0.3, 0.4) is 0 Å². The number of hydrogen-bond donors (Lipinski definition) is 3. The number of hydrogen-bond acceptors (Lipinski definition) is 7. The van der Waals surface area contributed by atoms with Crippen LogP contribution in [0.1, 0.15) is 21.5 Å². The molecule has 1 fully saturated rings. The van der Waals surface area contributed by atoms with Crippen LogP contribution in [0.25, 0.3) is 0 Å². The van der Waals surface area contributed by atoms with Crippen LogP contribution in [0.4, 0.5) is 16.2 Å². The van der Waals surface area contributed by atoms with Gasteiger partial charge in [0.05, 0.1) is 31.3 Å². The van der Waals surface area contributed by atoms with Crippen LogP contribution in [0, 0.1) is 6.92 Å². The van der Waals surface area contributed by atoms with Gasteiger partial charge in [-0.15, -0.1) is 0 Å². The molecule has 3 N–H and O–H groups in total. The van der Waals surface area contributed by atoms with Crippen molar-refractivity contribution in [3.8, 4) is 11.5 Å². The fourth-order valence-corrected chi connectivity index (χ4v) is 4.89. The summed E-state index contributed by atoms with van der Waals surface area (Å²) in [6.07, 6.45) is 0.155. The lowest BCUT2D eigenvalue weighted by molar-refractivity contribution is -0.131. The van der Waals surface area contributed by atoms with Gasteiger partial charge in [-0.05, 0) is 67.6 Å². The first kappa shape index (κ1) is 32.3. The Hall–Kier alpha value is -4.61. The maximum Gasteiger partial charge on any atom is 0.335 e. The number of aromatic carboxylic acids is 1. The van der Waals surface area contributed by atoms with E-state index in [1.807, 2.05) is 37.3 Å². The molecular formula is C33H41N5O6. The molecule has 44 heavy (non-hydrogen) atoms. The van der Waals surface area contributed by atoms with Crippen molar-refractivity contribution in [2.24, 2.45) is 0 Å². The summed E-state index contributed by atoms with van der Waals surface area (Å²) in [6, 6.07) is 18.6. The first-order valence-electron chi connectivity index (χ1n) is 14.7. The number of urea groups is 1. The van der Waals surface area contributed by atoms with Crippen LogP contribution in [0.5, 0.6) is 11.5 Å². The second-order valence-electron chi connectivity index (χ2n) is 10.8. The van der Waals surface area contributed by atoms with Gasteiger partial charge in [0.1, 0.15) is 18.1 Å². The smallest absolute Gasteiger partial charge is 0.335 e. The topological polar surface area (TPSA) is 124 Å². The number of likely N-dealkylation sites (N-methyl/N-ethyl adjacent to an activating group) is 1. The van der Waals surface area contributed by atoms with Gasteiger partial charge in [0, 0.05) is 45.0 Å². The first-order chi connectivity index (χ1) is 21.2. The van der Waals surface area contributed by atoms with Gasteiger partial charge in [-0.25, -0.2) is 9.59 Å². The van der Waals surface area contributed by atoms with Gasteiger partial charge in [-0.2, -0.15) is 0 Å². The number of amides is 3. The number of aryl methyl sites for hydroxylation is 1. The number of nitrogens with zero attached hydrogens (tertiary/aromatic N) is 3. The quantitative estimate of drug-likeness (QED) is 0.268. The van der Waals surface area contributed by atoms with Crippen molar-refractivity contribution in [1.82, 2.24) is 14.7 Å². The Morgan fingerprint density at radius 2 is 1.61 bits per heavy atom. The molecule has 0 aliphatic carbocycles. The van der Waals surface area contributed by atoms with E-state index in [9.17, 15) is 14.4 Å². The van der Waals surface area contributed by atoms with E-state index in [0.717, 1.165) is 43.9 Å². The third kappa shape index (κ3) is 9.45. The third-order valence-corrected chi connectivity index (χ3v) is 7.63. The zero-order valence-electron chi connectivity index (χ0n) is 25.5. The largest absolute Gasteiger partial charge is 0.495 e. The predicted molar refractivity (Wildman–Crippen MR) is 170 cm³/mol. The Balaban J connectivity index is 1.38. The molecule has 3 aromatic carbocycles. The number of piperazine rings is 1. The Bertz CT molecular complexity index is 1420. The Morgan fingerprint density at radius 1 is 0.909 bits per heavy atom. The highest BCUT2D eigenvalue weighted by Crippen LogP contribution is 2.26. The standard InChI is InChI=1S/C33H41N5O6/c1-24-6-4-5-7-28(24)34-33(42)35-29-13-8-25(22-30(29)43-3)23-31(39)38(19-18-37-16-14-36(2)15-17-37)20-21-44-27-11-9-26(10-12-27)32(40)41/h4-13,22H,14-21,23H2,1-3H3,(H,40,41)(H2,34,35,42). The summed E-state index contributed by atoms with van der Waals surface area (Å²) in [5, 5.41) is 14.8. The highest BCUT2D eigenvalue weighted by molar-refractivity contribution is 6.01. The van der Waals surface area contributed by atoms with Crippen LogP contribution in [0.15, 0.2) is 66.7 Å². The fraction of sp³-hybridized carbons (Fsp3) is 0.364. The predicted octanol–water partition coefficient (Wildman–Crippen LogP) is 4.04. The molecule has 3 aromatic rings. The Kier molecular flexibility index (Phi) is 11.6. The van der Waals surface area contributed by atoms with Crippen molar-refractivity contribution in [3.05, 3.63) is 83.4 Å². The molecular weight excluding hydrogens is 562 g/mol. The zero-order chi connectivity index (χ0) is 31.5. The number of carboxylic acids is 1. The number of anilines is 2. The summed E-state index contributed by atoms with van der Waals surface area (Å²) in [6.45, 7) is 7.77. The van der Waals surface area contributed by atoms with Gasteiger partial charge in [0.15, 0.2) is 0 Å². The van der Waals surface area contributed by atoms with Crippen LogP contribution in [-0.4, -0.2) is 104 Å². The number of rotatable bonds is 13. The van der Waals surface area contributed by atoms with Crippen molar-refractivity contribution < 1.29 is 29.0 Å². The van der Waals surface area contributed by atoms with Gasteiger partial charge >= 0.3 is 12.0 Å². The number of para-hydroxylation sites is 1. The van der Waals surface area contributed by atoms with E-state index in [4.69, 9.17) is 14.6 Å². The zero-order valence-corrected chi connectivity index (χ0v) is 25.5. The van der Waals surface area contributed by atoms with Gasteiger partial charge < -0.3 is 35.0 Å². The lowest BCUT2D eigenvalue weighted by Crippen LogP contribution is -2.48. The maximum atomic E-state index is 13.6. The van der Waals surface area contributed by atoms with Crippen LogP contribution >= 0.6 is 0 Å². The van der Waals surface area contributed by atoms with Crippen LogP contribution in [-0.2, 0) is 11.2 Å². The van der Waals surface area contributed by atoms with E-state index < -0.39 is 12.0 Å². The third-order valence-electron chi connectivity index (χ3n) is 7.63. The van der Waals surface area contributed by atoms with Crippen molar-refractivity contribution in [3.63, 3.8) is 0 Å². The lowest BCUT2D eigenvalue weighted by atomic mass is 10.1. The van der Waals surface area contributed by atoms with E-state index in [1.54, 1.807) is 29.2 Å². The molecule has 0 spiro atoms. The molecule has 11 nitrogen and oxygen atoms in total. The molecule has 0 bridgehead atoms. The summed E-state index contributed by atoms with van der Waals surface area (Å²) < 4.78 is 11.4. The number of carboxylic acid groups (broad SMARTS) is 1. The molecule has 1 heterocycles. The Morgan fingerprint density at radius 3 is 2.30 bits per heavy atom. The van der Waals surface area contributed by atoms with Crippen molar-refractivity contribution >= 4 is 29.3 Å². The van der Waals surface area contributed by atoms with E-state index >= 15 is 0 Å². The number of carbonyl (C=O) groups excluding carboxylic acids is 2. The Labute approximate surface area is 258 Å². The van der Waals surface area contributed by atoms with Gasteiger partial charge in [-0.3, -0.25) is 9.69 Å². The average Bonchev–Trinajstić information content (AvgIpc) is 3.01. The number of methoxy groups -OCH3 is 1. The van der Waals surface area contributed by atoms with Crippen molar-refractivity contribution in [2.75, 3.05) is 77.2 Å². The first-order valence-corrected chi connectivity index (χ1v) is 14.7. The summed E-state index contributed by atoms with van der Waals surface area (Å²) >= 11 is 0. The second kappa shape index (κ2) is 15.7. The molecule has 0 atom stereocenters. The molecule has 0 unspecified atom stereocenters. The molecule has 0 radical (unpaired) electrons. The minimum Gasteiger partial charge on any atom is -0.495 e. The number of ether oxygens (including phenoxy) is 2. The minimum atomic E-state index is -0.997. The van der Waals surface area contributed by atoms with E-state index in [0.29, 0.717) is 36.0 Å². The second-order valence-corrected chi connectivity index (χ2v) is 10.8. The highest BCUT2D eigenvalue weighted by atomic mass is 16.5. The summed E-state index contributed by atoms with van der Waals surface area (Å²) in [7, 11) is 3.63. The highest BCUT2D eigenvalue weighted by Gasteiger charge is 2.19. The molecule has 0 saturated carbocycles. The molecule has 234 valence electrons. The summed E-state index contributed by atoms with van der Waals surface area (Å²) in [4.78, 5) is 43.8. The monoisotopic (exact) mass is 603 g/mol.